The Morgan fingerprint density at radius 3 is 1.72 bits per heavy atom. The molecule has 0 bridgehead atoms. The van der Waals surface area contributed by atoms with Gasteiger partial charge in [-0.05, 0) is 73.0 Å². The molecule has 2 aliphatic carbocycles. The molecule has 0 atom stereocenters. The van der Waals surface area contributed by atoms with E-state index in [0.717, 1.165) is 0 Å². The average molecular weight is 790 g/mol. The van der Waals surface area contributed by atoms with E-state index in [1.807, 2.05) is 0 Å². The summed E-state index contributed by atoms with van der Waals surface area (Å²) in [5.74, 6) is -22.1. The SMILES string of the molecule is Fc1c(F)c(F)c(C2=CC(c3ccccc3)=C3CCCC(/C=C/C=C4\CCCc5c(-c6ccccc6)cc(-c6c(F)c(F)c(F)c(F)c6F)[o+]c54)=C3O2)c(F)c1F. The van der Waals surface area contributed by atoms with Gasteiger partial charge in [0.25, 0.3) is 0 Å². The molecule has 0 N–H and O–H groups in total. The minimum Gasteiger partial charge on any atom is -0.456 e. The molecule has 0 saturated heterocycles. The van der Waals surface area contributed by atoms with Crippen molar-refractivity contribution in [3.8, 4) is 22.5 Å². The lowest BCUT2D eigenvalue weighted by molar-refractivity contribution is 0.346. The van der Waals surface area contributed by atoms with Crippen LogP contribution in [0, 0.1) is 58.2 Å². The van der Waals surface area contributed by atoms with Crippen LogP contribution in [0.15, 0.2) is 112 Å². The van der Waals surface area contributed by atoms with E-state index in [-0.39, 0.29) is 11.5 Å². The number of hydrogen-bond donors (Lipinski definition) is 0. The summed E-state index contributed by atoms with van der Waals surface area (Å²) in [5, 5.41) is 0. The summed E-state index contributed by atoms with van der Waals surface area (Å²) >= 11 is 0. The van der Waals surface area contributed by atoms with Gasteiger partial charge in [0.05, 0.1) is 22.8 Å². The molecular weight excluding hydrogens is 762 g/mol. The van der Waals surface area contributed by atoms with Gasteiger partial charge in [-0.2, -0.15) is 0 Å². The fourth-order valence-electron chi connectivity index (χ4n) is 7.47. The number of hydrogen-bond acceptors (Lipinski definition) is 1. The highest BCUT2D eigenvalue weighted by atomic mass is 19.2. The molecule has 5 aromatic rings. The second-order valence-corrected chi connectivity index (χ2v) is 13.6. The van der Waals surface area contributed by atoms with E-state index in [4.69, 9.17) is 9.15 Å². The molecule has 1 aliphatic heterocycles. The van der Waals surface area contributed by atoms with Crippen LogP contribution in [-0.2, 0) is 11.2 Å². The van der Waals surface area contributed by atoms with Crippen LogP contribution in [0.1, 0.15) is 54.6 Å². The van der Waals surface area contributed by atoms with Crippen LogP contribution in [0.5, 0.6) is 0 Å². The summed E-state index contributed by atoms with van der Waals surface area (Å²) in [4.78, 5) is 0. The van der Waals surface area contributed by atoms with Crippen molar-refractivity contribution >= 4 is 16.9 Å². The first kappa shape index (κ1) is 37.7. The van der Waals surface area contributed by atoms with E-state index in [2.05, 4.69) is 0 Å². The Balaban J connectivity index is 1.26. The second-order valence-electron chi connectivity index (χ2n) is 13.6. The van der Waals surface area contributed by atoms with Gasteiger partial charge in [0.2, 0.25) is 11.6 Å². The largest absolute Gasteiger partial charge is 0.456 e. The molecule has 0 fully saturated rings. The summed E-state index contributed by atoms with van der Waals surface area (Å²) in [7, 11) is 0. The third-order valence-corrected chi connectivity index (χ3v) is 10.2. The molecule has 288 valence electrons. The van der Waals surface area contributed by atoms with E-state index >= 15 is 17.6 Å². The third kappa shape index (κ3) is 6.56. The van der Waals surface area contributed by atoms with Crippen LogP contribution in [0.4, 0.5) is 43.9 Å². The Morgan fingerprint density at radius 1 is 0.561 bits per heavy atom. The Labute approximate surface area is 319 Å². The van der Waals surface area contributed by atoms with Crippen molar-refractivity contribution in [2.45, 2.75) is 38.5 Å². The predicted octanol–water partition coefficient (Wildman–Crippen LogP) is 13.5. The number of ether oxygens (including phenoxy) is 1. The molecule has 0 radical (unpaired) electrons. The van der Waals surface area contributed by atoms with Crippen LogP contribution in [0.25, 0.3) is 39.4 Å². The Morgan fingerprint density at radius 2 is 1.11 bits per heavy atom. The van der Waals surface area contributed by atoms with Crippen molar-refractivity contribution in [2.24, 2.45) is 0 Å². The molecule has 0 saturated carbocycles. The summed E-state index contributed by atoms with van der Waals surface area (Å²) < 4.78 is 158. The van der Waals surface area contributed by atoms with Gasteiger partial charge < -0.3 is 4.74 Å². The minimum atomic E-state index is -2.30. The monoisotopic (exact) mass is 789 g/mol. The lowest BCUT2D eigenvalue weighted by Gasteiger charge is -2.29. The molecule has 12 heteroatoms. The van der Waals surface area contributed by atoms with E-state index in [9.17, 15) is 26.3 Å². The highest BCUT2D eigenvalue weighted by Crippen LogP contribution is 2.46. The lowest BCUT2D eigenvalue weighted by Crippen LogP contribution is -2.14. The van der Waals surface area contributed by atoms with Gasteiger partial charge in [0, 0.05) is 11.1 Å². The first-order valence-corrected chi connectivity index (χ1v) is 17.8. The molecule has 2 nitrogen and oxygen atoms in total. The first-order valence-electron chi connectivity index (χ1n) is 17.8. The topological polar surface area (TPSA) is 20.5 Å². The zero-order valence-corrected chi connectivity index (χ0v) is 29.5. The van der Waals surface area contributed by atoms with Crippen molar-refractivity contribution in [3.05, 3.63) is 189 Å². The zero-order valence-electron chi connectivity index (χ0n) is 29.5. The lowest BCUT2D eigenvalue weighted by atomic mass is 9.85. The average Bonchev–Trinajstić information content (AvgIpc) is 3.24. The normalized spacial score (nSPS) is 16.2. The van der Waals surface area contributed by atoms with Crippen LogP contribution < -0.4 is 0 Å². The highest BCUT2D eigenvalue weighted by molar-refractivity contribution is 5.89. The maximum absolute atomic E-state index is 15.1. The van der Waals surface area contributed by atoms with E-state index in [0.29, 0.717) is 83.1 Å². The number of rotatable bonds is 6. The molecule has 0 spiro atoms. The number of halogens is 10. The molecule has 1 aromatic heterocycles. The quantitative estimate of drug-likeness (QED) is 0.0739. The summed E-state index contributed by atoms with van der Waals surface area (Å²) in [6.07, 6.45) is 9.16. The van der Waals surface area contributed by atoms with Crippen LogP contribution >= 0.6 is 0 Å². The minimum absolute atomic E-state index is 0.171. The maximum atomic E-state index is 15.1. The van der Waals surface area contributed by atoms with Crippen molar-refractivity contribution in [3.63, 3.8) is 0 Å². The molecule has 3 aliphatic rings. The molecular formula is C45H27F10O2+. The summed E-state index contributed by atoms with van der Waals surface area (Å²) in [6, 6.07) is 18.7. The van der Waals surface area contributed by atoms with Gasteiger partial charge >= 0.3 is 11.5 Å². The number of allylic oxidation sites excluding steroid dienone is 8. The molecule has 2 heterocycles. The highest BCUT2D eigenvalue weighted by Gasteiger charge is 2.38. The molecule has 0 unspecified atom stereocenters. The number of fused-ring (bicyclic) bond motifs is 2. The van der Waals surface area contributed by atoms with Crippen molar-refractivity contribution in [1.82, 2.24) is 0 Å². The van der Waals surface area contributed by atoms with Gasteiger partial charge in [-0.3, -0.25) is 0 Å². The fourth-order valence-corrected chi connectivity index (χ4v) is 7.47. The summed E-state index contributed by atoms with van der Waals surface area (Å²) in [6.45, 7) is 0. The molecule has 8 rings (SSSR count). The zero-order chi connectivity index (χ0) is 40.1. The second kappa shape index (κ2) is 15.1. The van der Waals surface area contributed by atoms with Gasteiger partial charge in [-0.25, -0.2) is 48.3 Å². The van der Waals surface area contributed by atoms with Gasteiger partial charge in [-0.15, -0.1) is 0 Å². The fraction of sp³-hybridized carbons (Fsp3) is 0.133. The molecule has 57 heavy (non-hydrogen) atoms. The van der Waals surface area contributed by atoms with E-state index in [1.54, 1.807) is 78.9 Å². The maximum Gasteiger partial charge on any atom is 0.367 e. The Kier molecular flexibility index (Phi) is 9.97. The van der Waals surface area contributed by atoms with Crippen LogP contribution in [0.3, 0.4) is 0 Å². The predicted molar refractivity (Wildman–Crippen MR) is 193 cm³/mol. The standard InChI is InChI=1S/C45H27F10O2/c46-34-32(35(47)39(51)42(54)38(34)50)30-20-28(22-10-3-1-4-11-22)26-18-8-16-24(44(26)56-30)14-7-15-25-17-9-19-27-29(23-12-5-2-6-13-23)21-31(57-45(25)27)33-36(48)40(52)43(55)41(53)37(33)49/h1-7,10-15,20-21H,8-9,16-19H2/q+1. The van der Waals surface area contributed by atoms with Crippen molar-refractivity contribution < 1.29 is 53.1 Å². The first-order chi connectivity index (χ1) is 27.5. The van der Waals surface area contributed by atoms with Gasteiger partial charge in [0.1, 0.15) is 11.5 Å². The van der Waals surface area contributed by atoms with Crippen molar-refractivity contribution in [1.29, 1.82) is 0 Å². The Hall–Kier alpha value is -6.17. The van der Waals surface area contributed by atoms with Gasteiger partial charge in [-0.1, -0.05) is 72.8 Å². The molecule has 0 amide bonds. The van der Waals surface area contributed by atoms with Crippen LogP contribution in [0.2, 0.25) is 0 Å². The third-order valence-electron chi connectivity index (χ3n) is 10.2. The van der Waals surface area contributed by atoms with E-state index in [1.165, 1.54) is 12.1 Å². The van der Waals surface area contributed by atoms with E-state index < -0.39 is 80.8 Å². The number of benzene rings is 4. The smallest absolute Gasteiger partial charge is 0.367 e. The van der Waals surface area contributed by atoms with Gasteiger partial charge in [0.15, 0.2) is 52.1 Å². The van der Waals surface area contributed by atoms with Crippen LogP contribution in [-0.4, -0.2) is 0 Å². The summed E-state index contributed by atoms with van der Waals surface area (Å²) in [5.41, 5.74) is 2.07. The molecule has 4 aromatic carbocycles. The Bertz CT molecular complexity index is 2580. The van der Waals surface area contributed by atoms with Crippen molar-refractivity contribution in [2.75, 3.05) is 0 Å².